The quantitative estimate of drug-likeness (QED) is 0.707. The first kappa shape index (κ1) is 15.4. The molecule has 0 radical (unpaired) electrons. The topological polar surface area (TPSA) is 0 Å². The third kappa shape index (κ3) is 4.83. The van der Waals surface area contributed by atoms with E-state index in [0.29, 0.717) is 0 Å². The number of benzene rings is 1. The summed E-state index contributed by atoms with van der Waals surface area (Å²) < 4.78 is 0. The predicted octanol–water partition coefficient (Wildman–Crippen LogP) is 4.47. The van der Waals surface area contributed by atoms with E-state index in [2.05, 4.69) is 39.0 Å². The predicted molar refractivity (Wildman–Crippen MR) is 69.6 cm³/mol. The zero-order chi connectivity index (χ0) is 11.5. The zero-order valence-corrected chi connectivity index (χ0v) is 14.3. The summed E-state index contributed by atoms with van der Waals surface area (Å²) in [7, 11) is 0. The van der Waals surface area contributed by atoms with Crippen molar-refractivity contribution in [1.82, 2.24) is 0 Å². The Kier molecular flexibility index (Phi) is 6.38. The summed E-state index contributed by atoms with van der Waals surface area (Å²) in [6, 6.07) is 7.98. The van der Waals surface area contributed by atoms with Gasteiger partial charge in [-0.05, 0) is 31.1 Å². The molecule has 88 valence electrons. The Balaban J connectivity index is 0.00000144. The van der Waals surface area contributed by atoms with Crippen LogP contribution in [0.4, 0.5) is 0 Å². The Bertz CT molecular complexity index is 328. The first-order valence-electron chi connectivity index (χ1n) is 6.63. The van der Waals surface area contributed by atoms with Gasteiger partial charge in [0.15, 0.2) is 0 Å². The minimum Gasteiger partial charge on any atom is -0.177 e. The second-order valence-corrected chi connectivity index (χ2v) is 5.68. The Hall–Kier alpha value is 0.324. The van der Waals surface area contributed by atoms with Crippen LogP contribution in [0.5, 0.6) is 0 Å². The van der Waals surface area contributed by atoms with Gasteiger partial charge in [-0.2, -0.15) is 34.9 Å². The van der Waals surface area contributed by atoms with Crippen LogP contribution >= 0.6 is 0 Å². The average molecular weight is 304 g/mol. The molecule has 1 saturated carbocycles. The molecule has 0 bridgehead atoms. The summed E-state index contributed by atoms with van der Waals surface area (Å²) in [4.78, 5) is 0. The van der Waals surface area contributed by atoms with Crippen molar-refractivity contribution in [3.05, 3.63) is 34.9 Å². The molecule has 0 nitrogen and oxygen atoms in total. The first-order chi connectivity index (χ1) is 7.63. The van der Waals surface area contributed by atoms with Crippen molar-refractivity contribution >= 4 is 0 Å². The SMILES string of the molecule is Cc1[c-]c(C)cc(CC2CCC(C)CC2)c1.[Y+3]. The average Bonchev–Trinajstić information content (AvgIpc) is 2.20. The van der Waals surface area contributed by atoms with E-state index in [-0.39, 0.29) is 32.7 Å². The van der Waals surface area contributed by atoms with Crippen LogP contribution in [0, 0.1) is 31.7 Å². The van der Waals surface area contributed by atoms with Gasteiger partial charge in [-0.1, -0.05) is 33.6 Å². The van der Waals surface area contributed by atoms with Gasteiger partial charge in [0.05, 0.1) is 0 Å². The molecule has 1 heteroatoms. The molecule has 0 atom stereocenters. The minimum atomic E-state index is 0. The molecule has 1 aromatic rings. The Morgan fingerprint density at radius 2 is 1.59 bits per heavy atom. The summed E-state index contributed by atoms with van der Waals surface area (Å²) >= 11 is 0. The summed E-state index contributed by atoms with van der Waals surface area (Å²) in [6.45, 7) is 6.70. The molecule has 1 aliphatic rings. The smallest absolute Gasteiger partial charge is 0.177 e. The van der Waals surface area contributed by atoms with E-state index >= 15 is 0 Å². The fourth-order valence-electron chi connectivity index (χ4n) is 2.97. The Labute approximate surface area is 131 Å². The van der Waals surface area contributed by atoms with Crippen LogP contribution in [0.25, 0.3) is 0 Å². The van der Waals surface area contributed by atoms with Crippen LogP contribution in [0.3, 0.4) is 0 Å². The second kappa shape index (κ2) is 7.05. The molecule has 0 N–H and O–H groups in total. The summed E-state index contributed by atoms with van der Waals surface area (Å²) in [5.41, 5.74) is 4.10. The Morgan fingerprint density at radius 3 is 2.12 bits per heavy atom. The second-order valence-electron chi connectivity index (χ2n) is 5.68. The van der Waals surface area contributed by atoms with Crippen molar-refractivity contribution in [3.63, 3.8) is 0 Å². The van der Waals surface area contributed by atoms with Crippen molar-refractivity contribution in [2.45, 2.75) is 52.9 Å². The molecule has 0 saturated heterocycles. The first-order valence-corrected chi connectivity index (χ1v) is 6.63. The van der Waals surface area contributed by atoms with Crippen molar-refractivity contribution in [1.29, 1.82) is 0 Å². The molecule has 0 unspecified atom stereocenters. The minimum absolute atomic E-state index is 0. The maximum atomic E-state index is 3.35. The third-order valence-electron chi connectivity index (χ3n) is 3.86. The monoisotopic (exact) mass is 304 g/mol. The van der Waals surface area contributed by atoms with Gasteiger partial charge >= 0.3 is 32.7 Å². The molecule has 0 spiro atoms. The molecule has 2 rings (SSSR count). The van der Waals surface area contributed by atoms with Gasteiger partial charge < -0.3 is 0 Å². The molecule has 17 heavy (non-hydrogen) atoms. The Morgan fingerprint density at radius 1 is 1.06 bits per heavy atom. The number of hydrogen-bond donors (Lipinski definition) is 0. The van der Waals surface area contributed by atoms with Crippen LogP contribution in [-0.2, 0) is 39.1 Å². The van der Waals surface area contributed by atoms with Crippen molar-refractivity contribution in [3.8, 4) is 0 Å². The van der Waals surface area contributed by atoms with Crippen LogP contribution < -0.4 is 0 Å². The van der Waals surface area contributed by atoms with Crippen molar-refractivity contribution in [2.75, 3.05) is 0 Å². The van der Waals surface area contributed by atoms with E-state index in [4.69, 9.17) is 0 Å². The van der Waals surface area contributed by atoms with E-state index in [9.17, 15) is 0 Å². The van der Waals surface area contributed by atoms with E-state index in [1.54, 1.807) is 0 Å². The molecule has 1 fully saturated rings. The molecule has 1 aromatic carbocycles. The van der Waals surface area contributed by atoms with E-state index < -0.39 is 0 Å². The molecular weight excluding hydrogens is 281 g/mol. The molecule has 0 aliphatic heterocycles. The summed E-state index contributed by atoms with van der Waals surface area (Å²) in [5, 5.41) is 0. The molecule has 0 amide bonds. The van der Waals surface area contributed by atoms with Gasteiger partial charge in [0.2, 0.25) is 0 Å². The molecule has 0 aromatic heterocycles. The van der Waals surface area contributed by atoms with Gasteiger partial charge in [0.25, 0.3) is 0 Å². The maximum Gasteiger partial charge on any atom is 3.00 e. The zero-order valence-electron chi connectivity index (χ0n) is 11.4. The van der Waals surface area contributed by atoms with E-state index in [1.807, 2.05) is 0 Å². The molecule has 0 heterocycles. The van der Waals surface area contributed by atoms with E-state index in [1.165, 1.54) is 48.8 Å². The van der Waals surface area contributed by atoms with Gasteiger partial charge in [-0.25, -0.2) is 0 Å². The van der Waals surface area contributed by atoms with E-state index in [0.717, 1.165) is 11.8 Å². The molecule has 1 aliphatic carbocycles. The largest absolute Gasteiger partial charge is 3.00 e. The van der Waals surface area contributed by atoms with Gasteiger partial charge in [-0.15, -0.1) is 0 Å². The van der Waals surface area contributed by atoms with Gasteiger partial charge in [-0.3, -0.25) is 0 Å². The van der Waals surface area contributed by atoms with Gasteiger partial charge in [0.1, 0.15) is 0 Å². The third-order valence-corrected chi connectivity index (χ3v) is 3.86. The maximum absolute atomic E-state index is 3.35. The van der Waals surface area contributed by atoms with Crippen LogP contribution in [-0.4, -0.2) is 0 Å². The number of rotatable bonds is 2. The van der Waals surface area contributed by atoms with Crippen molar-refractivity contribution in [2.24, 2.45) is 11.8 Å². The normalized spacial score (nSPS) is 24.2. The standard InChI is InChI=1S/C16H23.Y/c1-12-4-6-15(7-5-12)11-16-9-13(2)8-14(3)10-16;/h9-10,12,15H,4-7,11H2,1-3H3;/q-1;+3. The fourth-order valence-corrected chi connectivity index (χ4v) is 2.97. The van der Waals surface area contributed by atoms with Gasteiger partial charge in [0, 0.05) is 0 Å². The van der Waals surface area contributed by atoms with Crippen LogP contribution in [0.15, 0.2) is 12.1 Å². The van der Waals surface area contributed by atoms with Crippen LogP contribution in [0.2, 0.25) is 0 Å². The summed E-state index contributed by atoms with van der Waals surface area (Å²) in [6.07, 6.45) is 7.00. The number of hydrogen-bond acceptors (Lipinski definition) is 0. The molecular formula is C16H23Y+2. The van der Waals surface area contributed by atoms with Crippen molar-refractivity contribution < 1.29 is 32.7 Å². The fraction of sp³-hybridized carbons (Fsp3) is 0.625. The van der Waals surface area contributed by atoms with Crippen LogP contribution in [0.1, 0.15) is 49.3 Å². The number of aryl methyl sites for hydroxylation is 2. The summed E-state index contributed by atoms with van der Waals surface area (Å²) in [5.74, 6) is 1.89.